The second-order valence-electron chi connectivity index (χ2n) is 5.79. The second kappa shape index (κ2) is 5.65. The summed E-state index contributed by atoms with van der Waals surface area (Å²) in [6, 6.07) is -0.302. The maximum Gasteiger partial charge on any atom is 0.407 e. The van der Waals surface area contributed by atoms with Crippen LogP contribution in [0.5, 0.6) is 0 Å². The summed E-state index contributed by atoms with van der Waals surface area (Å²) in [5.74, 6) is 1.73. The van der Waals surface area contributed by atoms with Crippen molar-refractivity contribution in [1.29, 1.82) is 0 Å². The first-order valence-electron chi connectivity index (χ1n) is 7.67. The summed E-state index contributed by atoms with van der Waals surface area (Å²) in [5.41, 5.74) is 0.814. The fourth-order valence-corrected chi connectivity index (χ4v) is 2.93. The van der Waals surface area contributed by atoms with Crippen LogP contribution in [-0.4, -0.2) is 50.5 Å². The zero-order valence-corrected chi connectivity index (χ0v) is 12.8. The van der Waals surface area contributed by atoms with Gasteiger partial charge < -0.3 is 14.8 Å². The fourth-order valence-electron chi connectivity index (χ4n) is 2.93. The zero-order chi connectivity index (χ0) is 15.8. The van der Waals surface area contributed by atoms with Gasteiger partial charge in [-0.2, -0.15) is 10.2 Å². The second-order valence-corrected chi connectivity index (χ2v) is 5.79. The average molecular weight is 318 g/mol. The molecule has 0 aliphatic carbocycles. The molecule has 2 saturated heterocycles. The van der Waals surface area contributed by atoms with Gasteiger partial charge >= 0.3 is 6.09 Å². The lowest BCUT2D eigenvalue weighted by Gasteiger charge is -2.18. The molecule has 2 aromatic rings. The molecule has 4 heterocycles. The quantitative estimate of drug-likeness (QED) is 0.894. The van der Waals surface area contributed by atoms with Crippen molar-refractivity contribution in [2.24, 2.45) is 7.05 Å². The molecule has 0 saturated carbocycles. The molecule has 2 fully saturated rings. The number of aryl methyl sites for hydroxylation is 1. The van der Waals surface area contributed by atoms with Gasteiger partial charge in [0.1, 0.15) is 18.3 Å². The smallest absolute Gasteiger partial charge is 0.407 e. The molecule has 0 bridgehead atoms. The molecular weight excluding hydrogens is 300 g/mol. The van der Waals surface area contributed by atoms with Crippen molar-refractivity contribution in [3.63, 3.8) is 0 Å². The van der Waals surface area contributed by atoms with E-state index in [1.807, 2.05) is 13.2 Å². The van der Waals surface area contributed by atoms with Crippen LogP contribution in [0.3, 0.4) is 0 Å². The van der Waals surface area contributed by atoms with Crippen molar-refractivity contribution >= 4 is 6.09 Å². The van der Waals surface area contributed by atoms with Gasteiger partial charge in [-0.25, -0.2) is 14.5 Å². The van der Waals surface area contributed by atoms with E-state index in [1.165, 1.54) is 0 Å². The molecule has 1 atom stereocenters. The third kappa shape index (κ3) is 2.67. The molecule has 2 aliphatic heterocycles. The Morgan fingerprint density at radius 1 is 1.35 bits per heavy atom. The highest BCUT2D eigenvalue weighted by Gasteiger charge is 2.31. The third-order valence-corrected chi connectivity index (χ3v) is 4.16. The van der Waals surface area contributed by atoms with Crippen molar-refractivity contribution in [2.75, 3.05) is 19.8 Å². The predicted molar refractivity (Wildman–Crippen MR) is 78.1 cm³/mol. The monoisotopic (exact) mass is 318 g/mol. The number of nitrogens with one attached hydrogen (secondary N) is 1. The Morgan fingerprint density at radius 2 is 2.17 bits per heavy atom. The minimum Gasteiger partial charge on any atom is -0.447 e. The number of rotatable bonds is 3. The van der Waals surface area contributed by atoms with Gasteiger partial charge in [0.25, 0.3) is 0 Å². The minimum absolute atomic E-state index is 0.255. The van der Waals surface area contributed by atoms with Crippen LogP contribution in [0.15, 0.2) is 12.4 Å². The molecule has 2 aliphatic rings. The summed E-state index contributed by atoms with van der Waals surface area (Å²) in [5, 5.41) is 11.6. The molecule has 0 radical (unpaired) electrons. The lowest BCUT2D eigenvalue weighted by atomic mass is 10.00. The highest BCUT2D eigenvalue weighted by Crippen LogP contribution is 2.27. The summed E-state index contributed by atoms with van der Waals surface area (Å²) < 4.78 is 13.9. The van der Waals surface area contributed by atoms with Gasteiger partial charge in [-0.3, -0.25) is 4.68 Å². The van der Waals surface area contributed by atoms with Gasteiger partial charge in [0, 0.05) is 26.2 Å². The SMILES string of the molecule is Cn1cc(-n2nc(C3CCOCC3)nc2C2COC(=O)N2)cn1. The summed E-state index contributed by atoms with van der Waals surface area (Å²) in [6.07, 6.45) is 4.98. The fraction of sp³-hybridized carbons (Fsp3) is 0.571. The number of cyclic esters (lactones) is 1. The number of aromatic nitrogens is 5. The van der Waals surface area contributed by atoms with Crippen molar-refractivity contribution in [3.8, 4) is 5.69 Å². The van der Waals surface area contributed by atoms with E-state index >= 15 is 0 Å². The number of nitrogens with zero attached hydrogens (tertiary/aromatic N) is 5. The van der Waals surface area contributed by atoms with Crippen molar-refractivity contribution < 1.29 is 14.3 Å². The van der Waals surface area contributed by atoms with Gasteiger partial charge in [-0.15, -0.1) is 0 Å². The van der Waals surface area contributed by atoms with Crippen LogP contribution in [0.2, 0.25) is 0 Å². The maximum absolute atomic E-state index is 11.4. The van der Waals surface area contributed by atoms with Crippen LogP contribution in [0.4, 0.5) is 4.79 Å². The predicted octanol–water partition coefficient (Wildman–Crippen LogP) is 0.676. The van der Waals surface area contributed by atoms with Crippen LogP contribution >= 0.6 is 0 Å². The lowest BCUT2D eigenvalue weighted by molar-refractivity contribution is 0.0836. The molecule has 4 rings (SSSR count). The van der Waals surface area contributed by atoms with E-state index < -0.39 is 6.09 Å². The Kier molecular flexibility index (Phi) is 3.49. The molecule has 1 N–H and O–H groups in total. The molecule has 1 unspecified atom stereocenters. The standard InChI is InChI=1S/C14H18N6O3/c1-19-7-10(6-15-19)20-13(11-8-23-14(21)16-11)17-12(18-20)9-2-4-22-5-3-9/h6-7,9,11H,2-5,8H2,1H3,(H,16,21). The van der Waals surface area contributed by atoms with E-state index in [9.17, 15) is 4.79 Å². The number of carbonyl (C=O) groups excluding carboxylic acids is 1. The van der Waals surface area contributed by atoms with E-state index in [2.05, 4.69) is 15.5 Å². The van der Waals surface area contributed by atoms with Crippen molar-refractivity contribution in [3.05, 3.63) is 24.0 Å². The molecule has 122 valence electrons. The number of hydrogen-bond donors (Lipinski definition) is 1. The zero-order valence-electron chi connectivity index (χ0n) is 12.8. The van der Waals surface area contributed by atoms with Gasteiger partial charge in [-0.05, 0) is 12.8 Å². The largest absolute Gasteiger partial charge is 0.447 e. The number of ether oxygens (including phenoxy) is 2. The molecule has 2 aromatic heterocycles. The summed E-state index contributed by atoms with van der Waals surface area (Å²) in [7, 11) is 1.85. The van der Waals surface area contributed by atoms with E-state index in [1.54, 1.807) is 15.6 Å². The van der Waals surface area contributed by atoms with Crippen molar-refractivity contribution in [1.82, 2.24) is 29.9 Å². The third-order valence-electron chi connectivity index (χ3n) is 4.16. The molecule has 0 aromatic carbocycles. The molecule has 0 spiro atoms. The van der Waals surface area contributed by atoms with Gasteiger partial charge in [0.15, 0.2) is 11.6 Å². The molecular formula is C14H18N6O3. The first kappa shape index (κ1) is 14.2. The van der Waals surface area contributed by atoms with Crippen LogP contribution in [0.25, 0.3) is 5.69 Å². The Labute approximate surface area is 132 Å². The molecule has 9 nitrogen and oxygen atoms in total. The van der Waals surface area contributed by atoms with E-state index in [0.717, 1.165) is 37.6 Å². The molecule has 1 amide bonds. The first-order valence-corrected chi connectivity index (χ1v) is 7.67. The van der Waals surface area contributed by atoms with E-state index in [0.29, 0.717) is 5.82 Å². The highest BCUT2D eigenvalue weighted by atomic mass is 16.6. The summed E-state index contributed by atoms with van der Waals surface area (Å²) in [6.45, 7) is 1.71. The first-order chi connectivity index (χ1) is 11.2. The topological polar surface area (TPSA) is 96.1 Å². The van der Waals surface area contributed by atoms with Gasteiger partial charge in [0.2, 0.25) is 0 Å². The minimum atomic E-state index is -0.427. The molecule has 23 heavy (non-hydrogen) atoms. The molecule has 9 heteroatoms. The average Bonchev–Trinajstić information content (AvgIpc) is 3.27. The number of alkyl carbamates (subject to hydrolysis) is 1. The Bertz CT molecular complexity index is 718. The normalized spacial score (nSPS) is 22.1. The highest BCUT2D eigenvalue weighted by molar-refractivity contribution is 5.69. The number of carbonyl (C=O) groups is 1. The van der Waals surface area contributed by atoms with Gasteiger partial charge in [0.05, 0.1) is 12.4 Å². The van der Waals surface area contributed by atoms with Crippen molar-refractivity contribution in [2.45, 2.75) is 24.8 Å². The summed E-state index contributed by atoms with van der Waals surface area (Å²) in [4.78, 5) is 16.1. The Morgan fingerprint density at radius 3 is 2.83 bits per heavy atom. The van der Waals surface area contributed by atoms with E-state index in [4.69, 9.17) is 14.5 Å². The van der Waals surface area contributed by atoms with Gasteiger partial charge in [-0.1, -0.05) is 0 Å². The van der Waals surface area contributed by atoms with Crippen LogP contribution in [0, 0.1) is 0 Å². The Hall–Kier alpha value is -2.42. The maximum atomic E-state index is 11.4. The number of hydrogen-bond acceptors (Lipinski definition) is 6. The Balaban J connectivity index is 1.72. The van der Waals surface area contributed by atoms with Crippen LogP contribution in [0.1, 0.15) is 36.5 Å². The van der Waals surface area contributed by atoms with Crippen LogP contribution in [-0.2, 0) is 16.5 Å². The van der Waals surface area contributed by atoms with E-state index in [-0.39, 0.29) is 18.6 Å². The summed E-state index contributed by atoms with van der Waals surface area (Å²) >= 11 is 0. The van der Waals surface area contributed by atoms with Crippen LogP contribution < -0.4 is 5.32 Å². The lowest BCUT2D eigenvalue weighted by Crippen LogP contribution is -2.22. The number of amides is 1.